The minimum atomic E-state index is -3.40. The third-order valence-corrected chi connectivity index (χ3v) is 5.18. The second-order valence-corrected chi connectivity index (χ2v) is 7.79. The van der Waals surface area contributed by atoms with Crippen LogP contribution in [0.15, 0.2) is 52.6 Å². The number of halogens is 1. The van der Waals surface area contributed by atoms with Gasteiger partial charge in [0.15, 0.2) is 0 Å². The van der Waals surface area contributed by atoms with E-state index in [4.69, 9.17) is 11.6 Å². The molecule has 6 nitrogen and oxygen atoms in total. The van der Waals surface area contributed by atoms with Crippen LogP contribution in [0.25, 0.3) is 0 Å². The summed E-state index contributed by atoms with van der Waals surface area (Å²) in [6.07, 6.45) is 4.72. The van der Waals surface area contributed by atoms with Gasteiger partial charge in [-0.2, -0.15) is 0 Å². The number of hydrogen-bond acceptors (Lipinski definition) is 4. The molecule has 0 aliphatic carbocycles. The van der Waals surface area contributed by atoms with Gasteiger partial charge in [-0.3, -0.25) is 4.79 Å². The first-order chi connectivity index (χ1) is 11.3. The van der Waals surface area contributed by atoms with E-state index < -0.39 is 10.0 Å². The quantitative estimate of drug-likeness (QED) is 0.888. The van der Waals surface area contributed by atoms with Gasteiger partial charge in [0.05, 0.1) is 17.4 Å². The zero-order valence-electron chi connectivity index (χ0n) is 12.9. The molecule has 1 aromatic rings. The Balaban J connectivity index is 1.73. The zero-order valence-corrected chi connectivity index (χ0v) is 14.5. The van der Waals surface area contributed by atoms with E-state index >= 15 is 0 Å². The molecule has 0 aromatic heterocycles. The van der Waals surface area contributed by atoms with E-state index in [9.17, 15) is 13.2 Å². The Hall–Kier alpha value is -2.12. The van der Waals surface area contributed by atoms with Crippen molar-refractivity contribution in [3.05, 3.63) is 58.8 Å². The van der Waals surface area contributed by atoms with E-state index in [1.54, 1.807) is 29.3 Å². The van der Waals surface area contributed by atoms with E-state index in [-0.39, 0.29) is 24.2 Å². The minimum Gasteiger partial charge on any atom is -0.345 e. The third-order valence-electron chi connectivity index (χ3n) is 3.78. The van der Waals surface area contributed by atoms with Crippen molar-refractivity contribution in [3.63, 3.8) is 0 Å². The smallest absolute Gasteiger partial charge is 0.256 e. The number of carbonyl (C=O) groups excluding carboxylic acids is 1. The van der Waals surface area contributed by atoms with Gasteiger partial charge in [0, 0.05) is 17.8 Å². The second kappa shape index (κ2) is 6.41. The van der Waals surface area contributed by atoms with Gasteiger partial charge < -0.3 is 10.2 Å². The lowest BCUT2D eigenvalue weighted by atomic mass is 10.1. The second-order valence-electron chi connectivity index (χ2n) is 5.60. The van der Waals surface area contributed by atoms with Crippen LogP contribution < -0.4 is 5.32 Å². The number of carbonyl (C=O) groups is 1. The van der Waals surface area contributed by atoms with Gasteiger partial charge in [-0.15, -0.1) is 4.40 Å². The third kappa shape index (κ3) is 3.68. The summed E-state index contributed by atoms with van der Waals surface area (Å²) in [4.78, 5) is 14.1. The maximum Gasteiger partial charge on any atom is 0.256 e. The molecular formula is C16H16ClN3O3S. The average Bonchev–Trinajstić information content (AvgIpc) is 2.53. The molecule has 2 aliphatic rings. The Morgan fingerprint density at radius 2 is 2.17 bits per heavy atom. The van der Waals surface area contributed by atoms with E-state index in [0.717, 1.165) is 5.56 Å². The van der Waals surface area contributed by atoms with Crippen molar-refractivity contribution < 1.29 is 13.2 Å². The van der Waals surface area contributed by atoms with Crippen molar-refractivity contribution in [3.8, 4) is 0 Å². The number of fused-ring (bicyclic) bond motifs is 1. The normalized spacial score (nSPS) is 19.8. The molecule has 126 valence electrons. The van der Waals surface area contributed by atoms with Crippen molar-refractivity contribution in [2.75, 3.05) is 12.3 Å². The van der Waals surface area contributed by atoms with Gasteiger partial charge in [0.25, 0.3) is 15.9 Å². The first-order valence-electron chi connectivity index (χ1n) is 7.39. The van der Waals surface area contributed by atoms with E-state index in [1.807, 2.05) is 19.1 Å². The number of hydrogen-bond donors (Lipinski definition) is 1. The highest BCUT2D eigenvalue weighted by Gasteiger charge is 2.25. The van der Waals surface area contributed by atoms with Crippen molar-refractivity contribution in [2.45, 2.75) is 13.0 Å². The Morgan fingerprint density at radius 1 is 1.38 bits per heavy atom. The Morgan fingerprint density at radius 3 is 2.92 bits per heavy atom. The topological polar surface area (TPSA) is 78.8 Å². The Kier molecular flexibility index (Phi) is 4.47. The van der Waals surface area contributed by atoms with E-state index in [0.29, 0.717) is 16.4 Å². The highest BCUT2D eigenvalue weighted by atomic mass is 35.5. The minimum absolute atomic E-state index is 0.0609. The summed E-state index contributed by atoms with van der Waals surface area (Å²) >= 11 is 5.97. The van der Waals surface area contributed by atoms with Crippen LogP contribution in [0.5, 0.6) is 0 Å². The maximum atomic E-state index is 12.4. The molecule has 3 rings (SSSR count). The number of amidine groups is 1. The number of amides is 1. The van der Waals surface area contributed by atoms with Crippen LogP contribution in [0.4, 0.5) is 0 Å². The summed E-state index contributed by atoms with van der Waals surface area (Å²) in [5.41, 5.74) is 1.35. The molecule has 2 aliphatic heterocycles. The zero-order chi connectivity index (χ0) is 17.3. The molecule has 1 amide bonds. The van der Waals surface area contributed by atoms with Crippen LogP contribution in [0.2, 0.25) is 5.02 Å². The lowest BCUT2D eigenvalue weighted by Crippen LogP contribution is -2.38. The highest BCUT2D eigenvalue weighted by Crippen LogP contribution is 2.19. The molecule has 0 saturated carbocycles. The number of rotatable bonds is 3. The molecule has 0 spiro atoms. The summed E-state index contributed by atoms with van der Waals surface area (Å²) in [5.74, 6) is 0.0289. The van der Waals surface area contributed by atoms with Crippen LogP contribution in [-0.4, -0.2) is 37.4 Å². The monoisotopic (exact) mass is 365 g/mol. The van der Waals surface area contributed by atoms with Crippen LogP contribution in [-0.2, 0) is 14.8 Å². The van der Waals surface area contributed by atoms with Crippen LogP contribution in [0.3, 0.4) is 0 Å². The molecule has 0 fully saturated rings. The first-order valence-corrected chi connectivity index (χ1v) is 9.38. The summed E-state index contributed by atoms with van der Waals surface area (Å²) in [6.45, 7) is 2.16. The van der Waals surface area contributed by atoms with Crippen LogP contribution in [0.1, 0.15) is 18.5 Å². The fourth-order valence-electron chi connectivity index (χ4n) is 2.47. The fraction of sp³-hybridized carbons (Fsp3) is 0.250. The van der Waals surface area contributed by atoms with Crippen molar-refractivity contribution in [2.24, 2.45) is 4.40 Å². The molecule has 1 unspecified atom stereocenters. The maximum absolute atomic E-state index is 12.4. The summed E-state index contributed by atoms with van der Waals surface area (Å²) < 4.78 is 26.7. The standard InChI is InChI=1S/C16H16ClN3O3S/c1-11(12-3-2-4-14(17)9-12)18-16(21)13-5-6-15-19-24(22,23)8-7-20(15)10-13/h2-6,9-11H,7-8H2,1H3,(H,18,21). The molecule has 1 aromatic carbocycles. The van der Waals surface area contributed by atoms with Crippen molar-refractivity contribution >= 4 is 33.4 Å². The first kappa shape index (κ1) is 16.7. The van der Waals surface area contributed by atoms with Crippen LogP contribution >= 0.6 is 11.6 Å². The predicted octanol–water partition coefficient (Wildman–Crippen LogP) is 2.01. The molecule has 8 heteroatoms. The SMILES string of the molecule is CC(NC(=O)C1=CN2CCS(=O)(=O)N=C2C=C1)c1cccc(Cl)c1. The number of nitrogens with zero attached hydrogens (tertiary/aromatic N) is 2. The molecule has 1 atom stereocenters. The van der Waals surface area contributed by atoms with E-state index in [2.05, 4.69) is 9.71 Å². The summed E-state index contributed by atoms with van der Waals surface area (Å²) in [6, 6.07) is 7.09. The Labute approximate surface area is 145 Å². The van der Waals surface area contributed by atoms with Gasteiger partial charge in [0.1, 0.15) is 5.84 Å². The molecule has 2 heterocycles. The van der Waals surface area contributed by atoms with Crippen molar-refractivity contribution in [1.82, 2.24) is 10.2 Å². The molecule has 24 heavy (non-hydrogen) atoms. The van der Waals surface area contributed by atoms with Crippen LogP contribution in [0, 0.1) is 0 Å². The Bertz CT molecular complexity index is 874. The van der Waals surface area contributed by atoms with Gasteiger partial charge in [0.2, 0.25) is 0 Å². The lowest BCUT2D eigenvalue weighted by Gasteiger charge is -2.27. The largest absolute Gasteiger partial charge is 0.345 e. The lowest BCUT2D eigenvalue weighted by molar-refractivity contribution is -0.117. The number of sulfonamides is 1. The fourth-order valence-corrected chi connectivity index (χ4v) is 3.64. The van der Waals surface area contributed by atoms with Gasteiger partial charge in [-0.05, 0) is 36.8 Å². The molecule has 0 saturated heterocycles. The molecular weight excluding hydrogens is 350 g/mol. The number of nitrogens with one attached hydrogen (secondary N) is 1. The van der Waals surface area contributed by atoms with E-state index in [1.165, 1.54) is 6.08 Å². The highest BCUT2D eigenvalue weighted by molar-refractivity contribution is 7.90. The van der Waals surface area contributed by atoms with Gasteiger partial charge in [-0.1, -0.05) is 23.7 Å². The molecule has 0 radical (unpaired) electrons. The van der Waals surface area contributed by atoms with Crippen molar-refractivity contribution in [1.29, 1.82) is 0 Å². The summed E-state index contributed by atoms with van der Waals surface area (Å²) in [5, 5.41) is 3.51. The number of benzene rings is 1. The average molecular weight is 366 g/mol. The predicted molar refractivity (Wildman–Crippen MR) is 93.2 cm³/mol. The van der Waals surface area contributed by atoms with Gasteiger partial charge >= 0.3 is 0 Å². The summed E-state index contributed by atoms with van der Waals surface area (Å²) in [7, 11) is -3.40. The molecule has 0 bridgehead atoms. The van der Waals surface area contributed by atoms with Gasteiger partial charge in [-0.25, -0.2) is 8.42 Å². The molecule has 1 N–H and O–H groups in total.